The zero-order valence-corrected chi connectivity index (χ0v) is 12.2. The Balaban J connectivity index is 1.81. The quantitative estimate of drug-likeness (QED) is 0.339. The van der Waals surface area contributed by atoms with Crippen molar-refractivity contribution in [1.82, 2.24) is 15.5 Å². The summed E-state index contributed by atoms with van der Waals surface area (Å²) in [5.74, 6) is 0.554. The van der Waals surface area contributed by atoms with Crippen molar-refractivity contribution >= 4 is 22.5 Å². The number of hydrogen-bond donors (Lipinski definition) is 3. The summed E-state index contributed by atoms with van der Waals surface area (Å²) in [7, 11) is 0. The molecule has 2 heterocycles. The van der Waals surface area contributed by atoms with Crippen molar-refractivity contribution in [2.75, 3.05) is 31.5 Å². The Hall–Kier alpha value is -2.26. The third-order valence-electron chi connectivity index (χ3n) is 3.20. The standard InChI is InChI=1S/C13H20N6O3/c14-4-3-6-15-5-1-2-7-16-13-10-8-18-22-12(10)11(9-17-13)19(20)21/h8-9,15H,1-7,14H2,(H,16,17). The Morgan fingerprint density at radius 2 is 2.00 bits per heavy atom. The Morgan fingerprint density at radius 1 is 1.23 bits per heavy atom. The largest absolute Gasteiger partial charge is 0.369 e. The van der Waals surface area contributed by atoms with Crippen LogP contribution in [0.3, 0.4) is 0 Å². The lowest BCUT2D eigenvalue weighted by atomic mass is 10.2. The molecule has 2 rings (SSSR count). The molecular weight excluding hydrogens is 288 g/mol. The first kappa shape index (κ1) is 16.1. The molecule has 4 N–H and O–H groups in total. The summed E-state index contributed by atoms with van der Waals surface area (Å²) >= 11 is 0. The van der Waals surface area contributed by atoms with Gasteiger partial charge in [0.1, 0.15) is 12.0 Å². The fourth-order valence-electron chi connectivity index (χ4n) is 2.05. The first-order valence-electron chi connectivity index (χ1n) is 7.26. The highest BCUT2D eigenvalue weighted by Crippen LogP contribution is 2.28. The van der Waals surface area contributed by atoms with Crippen molar-refractivity contribution in [1.29, 1.82) is 0 Å². The SMILES string of the molecule is NCCCNCCCCNc1ncc([N+](=O)[O-])c2oncc12. The number of rotatable bonds is 10. The van der Waals surface area contributed by atoms with Gasteiger partial charge in [-0.3, -0.25) is 10.1 Å². The summed E-state index contributed by atoms with van der Waals surface area (Å²) in [4.78, 5) is 14.4. The van der Waals surface area contributed by atoms with Gasteiger partial charge in [-0.25, -0.2) is 4.98 Å². The molecule has 9 nitrogen and oxygen atoms in total. The number of fused-ring (bicyclic) bond motifs is 1. The molecule has 2 aromatic heterocycles. The third kappa shape index (κ3) is 4.12. The van der Waals surface area contributed by atoms with Crippen molar-refractivity contribution in [3.05, 3.63) is 22.5 Å². The van der Waals surface area contributed by atoms with E-state index in [4.69, 9.17) is 10.3 Å². The maximum Gasteiger partial charge on any atom is 0.333 e. The van der Waals surface area contributed by atoms with Gasteiger partial charge in [0.05, 0.1) is 16.5 Å². The van der Waals surface area contributed by atoms with E-state index in [1.807, 2.05) is 0 Å². The summed E-state index contributed by atoms with van der Waals surface area (Å²) < 4.78 is 4.94. The van der Waals surface area contributed by atoms with Gasteiger partial charge in [0, 0.05) is 6.54 Å². The molecule has 0 aliphatic rings. The molecule has 0 amide bonds. The minimum absolute atomic E-state index is 0.144. The summed E-state index contributed by atoms with van der Waals surface area (Å²) in [6.45, 7) is 3.31. The van der Waals surface area contributed by atoms with Crippen molar-refractivity contribution in [2.24, 2.45) is 5.73 Å². The monoisotopic (exact) mass is 308 g/mol. The minimum atomic E-state index is -0.530. The van der Waals surface area contributed by atoms with Crippen LogP contribution in [0.4, 0.5) is 11.5 Å². The van der Waals surface area contributed by atoms with E-state index in [0.717, 1.165) is 38.9 Å². The number of aromatic nitrogens is 2. The summed E-state index contributed by atoms with van der Waals surface area (Å²) in [6.07, 6.45) is 5.59. The topological polar surface area (TPSA) is 132 Å². The fraction of sp³-hybridized carbons (Fsp3) is 0.538. The van der Waals surface area contributed by atoms with Gasteiger partial charge < -0.3 is 20.9 Å². The van der Waals surface area contributed by atoms with E-state index in [-0.39, 0.29) is 11.3 Å². The van der Waals surface area contributed by atoms with E-state index in [0.29, 0.717) is 17.7 Å². The second kappa shape index (κ2) is 8.25. The van der Waals surface area contributed by atoms with E-state index in [1.54, 1.807) is 0 Å². The molecule has 2 aromatic rings. The number of nitrogens with one attached hydrogen (secondary N) is 2. The van der Waals surface area contributed by atoms with Crippen LogP contribution in [0, 0.1) is 10.1 Å². The molecule has 0 aliphatic carbocycles. The first-order valence-corrected chi connectivity index (χ1v) is 7.26. The van der Waals surface area contributed by atoms with E-state index in [1.165, 1.54) is 12.4 Å². The molecule has 120 valence electrons. The zero-order valence-electron chi connectivity index (χ0n) is 12.2. The second-order valence-electron chi connectivity index (χ2n) is 4.84. The number of pyridine rings is 1. The van der Waals surface area contributed by atoms with Crippen LogP contribution in [0.1, 0.15) is 19.3 Å². The molecule has 0 bridgehead atoms. The molecule has 0 aromatic carbocycles. The lowest BCUT2D eigenvalue weighted by Crippen LogP contribution is -2.19. The van der Waals surface area contributed by atoms with Crippen LogP contribution in [0.25, 0.3) is 11.0 Å². The number of unbranched alkanes of at least 4 members (excludes halogenated alkanes) is 1. The highest BCUT2D eigenvalue weighted by Gasteiger charge is 2.19. The summed E-state index contributed by atoms with van der Waals surface area (Å²) in [6, 6.07) is 0. The van der Waals surface area contributed by atoms with E-state index < -0.39 is 4.92 Å². The molecule has 0 unspecified atom stereocenters. The Labute approximate surface area is 127 Å². The molecule has 0 saturated carbocycles. The molecular formula is C13H20N6O3. The van der Waals surface area contributed by atoms with Gasteiger partial charge in [-0.1, -0.05) is 5.16 Å². The number of nitro groups is 1. The van der Waals surface area contributed by atoms with Gasteiger partial charge in [0.2, 0.25) is 5.58 Å². The Morgan fingerprint density at radius 3 is 2.77 bits per heavy atom. The predicted octanol–water partition coefficient (Wildman–Crippen LogP) is 1.26. The van der Waals surface area contributed by atoms with Crippen molar-refractivity contribution in [3.8, 4) is 0 Å². The molecule has 0 atom stereocenters. The highest BCUT2D eigenvalue weighted by molar-refractivity contribution is 5.92. The fourth-order valence-corrected chi connectivity index (χ4v) is 2.05. The maximum absolute atomic E-state index is 10.9. The van der Waals surface area contributed by atoms with Gasteiger partial charge in [-0.05, 0) is 38.9 Å². The van der Waals surface area contributed by atoms with Gasteiger partial charge in [0.15, 0.2) is 0 Å². The molecule has 0 fully saturated rings. The van der Waals surface area contributed by atoms with Crippen LogP contribution >= 0.6 is 0 Å². The lowest BCUT2D eigenvalue weighted by molar-refractivity contribution is -0.384. The summed E-state index contributed by atoms with van der Waals surface area (Å²) in [5, 5.41) is 21.5. The highest BCUT2D eigenvalue weighted by atomic mass is 16.6. The van der Waals surface area contributed by atoms with Crippen LogP contribution < -0.4 is 16.4 Å². The number of hydrogen-bond acceptors (Lipinski definition) is 8. The molecule has 22 heavy (non-hydrogen) atoms. The van der Waals surface area contributed by atoms with Crippen molar-refractivity contribution < 1.29 is 9.45 Å². The van der Waals surface area contributed by atoms with Crippen LogP contribution in [-0.2, 0) is 0 Å². The van der Waals surface area contributed by atoms with Gasteiger partial charge in [0.25, 0.3) is 0 Å². The minimum Gasteiger partial charge on any atom is -0.369 e. The average Bonchev–Trinajstić information content (AvgIpc) is 2.99. The third-order valence-corrected chi connectivity index (χ3v) is 3.20. The normalized spacial score (nSPS) is 11.0. The number of nitrogens with zero attached hydrogens (tertiary/aromatic N) is 3. The predicted molar refractivity (Wildman–Crippen MR) is 82.7 cm³/mol. The second-order valence-corrected chi connectivity index (χ2v) is 4.84. The van der Waals surface area contributed by atoms with Gasteiger partial charge in [-0.15, -0.1) is 0 Å². The smallest absolute Gasteiger partial charge is 0.333 e. The number of anilines is 1. The molecule has 0 aliphatic heterocycles. The Kier molecular flexibility index (Phi) is 6.04. The molecule has 0 saturated heterocycles. The van der Waals surface area contributed by atoms with Crippen molar-refractivity contribution in [2.45, 2.75) is 19.3 Å². The van der Waals surface area contributed by atoms with Crippen molar-refractivity contribution in [3.63, 3.8) is 0 Å². The summed E-state index contributed by atoms with van der Waals surface area (Å²) in [5.41, 5.74) is 5.38. The van der Waals surface area contributed by atoms with Gasteiger partial charge in [-0.2, -0.15) is 0 Å². The average molecular weight is 308 g/mol. The van der Waals surface area contributed by atoms with Gasteiger partial charge >= 0.3 is 5.69 Å². The van der Waals surface area contributed by atoms with Crippen LogP contribution in [0.15, 0.2) is 16.9 Å². The lowest BCUT2D eigenvalue weighted by Gasteiger charge is -2.07. The molecule has 0 radical (unpaired) electrons. The molecule has 9 heteroatoms. The maximum atomic E-state index is 10.9. The van der Waals surface area contributed by atoms with E-state index >= 15 is 0 Å². The van der Waals surface area contributed by atoms with Crippen LogP contribution in [0.2, 0.25) is 0 Å². The van der Waals surface area contributed by atoms with Crippen LogP contribution in [-0.4, -0.2) is 41.2 Å². The molecule has 0 spiro atoms. The first-order chi connectivity index (χ1) is 10.7. The van der Waals surface area contributed by atoms with E-state index in [9.17, 15) is 10.1 Å². The zero-order chi connectivity index (χ0) is 15.8. The van der Waals surface area contributed by atoms with Crippen LogP contribution in [0.5, 0.6) is 0 Å². The number of nitrogens with two attached hydrogens (primary N) is 1. The Bertz CT molecular complexity index is 615. The van der Waals surface area contributed by atoms with E-state index in [2.05, 4.69) is 20.8 Å².